The summed E-state index contributed by atoms with van der Waals surface area (Å²) in [6, 6.07) is 3.42. The summed E-state index contributed by atoms with van der Waals surface area (Å²) in [5.74, 6) is 0.956. The van der Waals surface area contributed by atoms with Crippen LogP contribution in [0.5, 0.6) is 5.75 Å². The molecule has 3 heteroatoms. The third kappa shape index (κ3) is 2.19. The second-order valence-corrected chi connectivity index (χ2v) is 4.39. The maximum Gasteiger partial charge on any atom is 0.127 e. The third-order valence-electron chi connectivity index (χ3n) is 3.25. The van der Waals surface area contributed by atoms with Gasteiger partial charge in [0.2, 0.25) is 0 Å². The zero-order valence-corrected chi connectivity index (χ0v) is 9.85. The van der Waals surface area contributed by atoms with Crippen molar-refractivity contribution in [1.82, 2.24) is 5.32 Å². The SMILES string of the molecule is COc1cc(C2CCCNC2)c(F)cc1C. The van der Waals surface area contributed by atoms with Crippen LogP contribution in [0.25, 0.3) is 0 Å². The van der Waals surface area contributed by atoms with Gasteiger partial charge in [0.05, 0.1) is 7.11 Å². The van der Waals surface area contributed by atoms with Gasteiger partial charge in [-0.15, -0.1) is 0 Å². The minimum atomic E-state index is -0.105. The van der Waals surface area contributed by atoms with E-state index in [1.54, 1.807) is 13.2 Å². The second kappa shape index (κ2) is 4.83. The molecule has 0 amide bonds. The number of ether oxygens (including phenoxy) is 1. The second-order valence-electron chi connectivity index (χ2n) is 4.39. The molecule has 1 aliphatic rings. The summed E-state index contributed by atoms with van der Waals surface area (Å²) in [5, 5.41) is 3.31. The van der Waals surface area contributed by atoms with Crippen molar-refractivity contribution in [2.24, 2.45) is 0 Å². The molecule has 0 radical (unpaired) electrons. The van der Waals surface area contributed by atoms with Crippen LogP contribution in [0.1, 0.15) is 29.9 Å². The van der Waals surface area contributed by atoms with Gasteiger partial charge in [-0.2, -0.15) is 0 Å². The Hall–Kier alpha value is -1.09. The van der Waals surface area contributed by atoms with Crippen molar-refractivity contribution in [1.29, 1.82) is 0 Å². The number of rotatable bonds is 2. The number of nitrogens with one attached hydrogen (secondary N) is 1. The largest absolute Gasteiger partial charge is 0.496 e. The van der Waals surface area contributed by atoms with Gasteiger partial charge in [-0.3, -0.25) is 0 Å². The van der Waals surface area contributed by atoms with Crippen LogP contribution in [-0.4, -0.2) is 20.2 Å². The maximum atomic E-state index is 13.9. The fourth-order valence-electron chi connectivity index (χ4n) is 2.32. The topological polar surface area (TPSA) is 21.3 Å². The number of hydrogen-bond donors (Lipinski definition) is 1. The first-order chi connectivity index (χ1) is 7.72. The zero-order chi connectivity index (χ0) is 11.5. The Morgan fingerprint density at radius 3 is 2.88 bits per heavy atom. The van der Waals surface area contributed by atoms with Crippen LogP contribution < -0.4 is 10.1 Å². The third-order valence-corrected chi connectivity index (χ3v) is 3.25. The van der Waals surface area contributed by atoms with Crippen LogP contribution >= 0.6 is 0 Å². The van der Waals surface area contributed by atoms with Crippen LogP contribution in [0, 0.1) is 12.7 Å². The summed E-state index contributed by atoms with van der Waals surface area (Å²) in [6.07, 6.45) is 2.16. The molecule has 1 aromatic carbocycles. The summed E-state index contributed by atoms with van der Waals surface area (Å²) >= 11 is 0. The quantitative estimate of drug-likeness (QED) is 0.832. The molecule has 0 spiro atoms. The Morgan fingerprint density at radius 1 is 1.44 bits per heavy atom. The predicted octanol–water partition coefficient (Wildman–Crippen LogP) is 2.61. The summed E-state index contributed by atoms with van der Waals surface area (Å²) in [7, 11) is 1.63. The standard InChI is InChI=1S/C13H18FNO/c1-9-6-12(14)11(7-13(9)16-2)10-4-3-5-15-8-10/h6-7,10,15H,3-5,8H2,1-2H3. The van der Waals surface area contributed by atoms with E-state index in [0.717, 1.165) is 42.8 Å². The van der Waals surface area contributed by atoms with Gasteiger partial charge in [0.25, 0.3) is 0 Å². The number of aryl methyl sites for hydroxylation is 1. The van der Waals surface area contributed by atoms with E-state index < -0.39 is 0 Å². The minimum absolute atomic E-state index is 0.105. The molecular formula is C13H18FNO. The van der Waals surface area contributed by atoms with Crippen molar-refractivity contribution < 1.29 is 9.13 Å². The highest BCUT2D eigenvalue weighted by Crippen LogP contribution is 2.30. The Kier molecular flexibility index (Phi) is 3.44. The zero-order valence-electron chi connectivity index (χ0n) is 9.85. The average Bonchev–Trinajstić information content (AvgIpc) is 2.30. The first-order valence-corrected chi connectivity index (χ1v) is 5.77. The first kappa shape index (κ1) is 11.4. The number of halogens is 1. The molecule has 1 unspecified atom stereocenters. The van der Waals surface area contributed by atoms with E-state index in [1.807, 2.05) is 13.0 Å². The fourth-order valence-corrected chi connectivity index (χ4v) is 2.32. The van der Waals surface area contributed by atoms with Crippen molar-refractivity contribution in [2.45, 2.75) is 25.7 Å². The van der Waals surface area contributed by atoms with Gasteiger partial charge >= 0.3 is 0 Å². The van der Waals surface area contributed by atoms with Crippen molar-refractivity contribution >= 4 is 0 Å². The summed E-state index contributed by atoms with van der Waals surface area (Å²) in [5.41, 5.74) is 1.64. The number of hydrogen-bond acceptors (Lipinski definition) is 2. The summed E-state index contributed by atoms with van der Waals surface area (Å²) < 4.78 is 19.1. The molecule has 88 valence electrons. The summed E-state index contributed by atoms with van der Waals surface area (Å²) in [6.45, 7) is 3.77. The molecule has 1 aliphatic heterocycles. The van der Waals surface area contributed by atoms with Gasteiger partial charge < -0.3 is 10.1 Å². The van der Waals surface area contributed by atoms with E-state index in [2.05, 4.69) is 5.32 Å². The fraction of sp³-hybridized carbons (Fsp3) is 0.538. The van der Waals surface area contributed by atoms with E-state index in [9.17, 15) is 4.39 Å². The number of benzene rings is 1. The van der Waals surface area contributed by atoms with Crippen LogP contribution in [0.15, 0.2) is 12.1 Å². The molecule has 1 N–H and O–H groups in total. The van der Waals surface area contributed by atoms with Crippen molar-refractivity contribution in [3.05, 3.63) is 29.1 Å². The van der Waals surface area contributed by atoms with Gasteiger partial charge in [0, 0.05) is 6.54 Å². The van der Waals surface area contributed by atoms with Crippen LogP contribution in [0.3, 0.4) is 0 Å². The van der Waals surface area contributed by atoms with Gasteiger partial charge in [-0.05, 0) is 55.5 Å². The number of piperidine rings is 1. The molecule has 16 heavy (non-hydrogen) atoms. The van der Waals surface area contributed by atoms with Crippen molar-refractivity contribution in [2.75, 3.05) is 20.2 Å². The Morgan fingerprint density at radius 2 is 2.25 bits per heavy atom. The lowest BCUT2D eigenvalue weighted by atomic mass is 9.90. The molecule has 1 saturated heterocycles. The smallest absolute Gasteiger partial charge is 0.127 e. The lowest BCUT2D eigenvalue weighted by Crippen LogP contribution is -2.28. The van der Waals surface area contributed by atoms with Gasteiger partial charge in [-0.25, -0.2) is 4.39 Å². The Labute approximate surface area is 95.8 Å². The first-order valence-electron chi connectivity index (χ1n) is 5.77. The molecule has 0 aliphatic carbocycles. The molecule has 1 fully saturated rings. The predicted molar refractivity (Wildman–Crippen MR) is 62.5 cm³/mol. The Balaban J connectivity index is 2.31. The molecule has 2 nitrogen and oxygen atoms in total. The highest BCUT2D eigenvalue weighted by atomic mass is 19.1. The monoisotopic (exact) mass is 223 g/mol. The van der Waals surface area contributed by atoms with Crippen molar-refractivity contribution in [3.8, 4) is 5.75 Å². The van der Waals surface area contributed by atoms with Gasteiger partial charge in [-0.1, -0.05) is 0 Å². The molecule has 0 bridgehead atoms. The molecule has 0 saturated carbocycles. The van der Waals surface area contributed by atoms with E-state index in [0.29, 0.717) is 0 Å². The van der Waals surface area contributed by atoms with E-state index in [4.69, 9.17) is 4.74 Å². The molecule has 2 rings (SSSR count). The van der Waals surface area contributed by atoms with E-state index in [-0.39, 0.29) is 11.7 Å². The summed E-state index contributed by atoms with van der Waals surface area (Å²) in [4.78, 5) is 0. The van der Waals surface area contributed by atoms with Crippen LogP contribution in [-0.2, 0) is 0 Å². The highest BCUT2D eigenvalue weighted by Gasteiger charge is 2.20. The Bertz CT molecular complexity index is 372. The number of methoxy groups -OCH3 is 1. The molecular weight excluding hydrogens is 205 g/mol. The lowest BCUT2D eigenvalue weighted by molar-refractivity contribution is 0.404. The molecule has 1 heterocycles. The minimum Gasteiger partial charge on any atom is -0.496 e. The molecule has 0 aromatic heterocycles. The molecule has 1 atom stereocenters. The highest BCUT2D eigenvalue weighted by molar-refractivity contribution is 5.39. The van der Waals surface area contributed by atoms with Crippen LogP contribution in [0.2, 0.25) is 0 Å². The lowest BCUT2D eigenvalue weighted by Gasteiger charge is -2.24. The van der Waals surface area contributed by atoms with Crippen LogP contribution in [0.4, 0.5) is 4.39 Å². The normalized spacial score (nSPS) is 20.8. The van der Waals surface area contributed by atoms with E-state index >= 15 is 0 Å². The van der Waals surface area contributed by atoms with Crippen molar-refractivity contribution in [3.63, 3.8) is 0 Å². The molecule has 1 aromatic rings. The average molecular weight is 223 g/mol. The van der Waals surface area contributed by atoms with E-state index in [1.165, 1.54) is 0 Å². The van der Waals surface area contributed by atoms with Gasteiger partial charge in [0.15, 0.2) is 0 Å². The van der Waals surface area contributed by atoms with Gasteiger partial charge in [0.1, 0.15) is 11.6 Å². The maximum absolute atomic E-state index is 13.9.